The quantitative estimate of drug-likeness (QED) is 0.547. The summed E-state index contributed by atoms with van der Waals surface area (Å²) in [5.74, 6) is -0.205. The maximum absolute atomic E-state index is 11.9. The second-order valence-electron chi connectivity index (χ2n) is 5.58. The molecule has 0 aromatic rings. The second kappa shape index (κ2) is 5.21. The molecule has 0 amide bonds. The molecule has 1 aliphatic heterocycles. The van der Waals surface area contributed by atoms with Crippen LogP contribution in [-0.2, 0) is 14.3 Å². The Morgan fingerprint density at radius 3 is 2.71 bits per heavy atom. The molecule has 0 aliphatic carbocycles. The Morgan fingerprint density at radius 2 is 2.29 bits per heavy atom. The monoisotopic (exact) mass is 240 g/mol. The zero-order chi connectivity index (χ0) is 13.1. The average Bonchev–Trinajstić information content (AvgIpc) is 2.58. The fourth-order valence-electron chi connectivity index (χ4n) is 2.24. The Hall–Kier alpha value is -0.830. The molecule has 1 aliphatic rings. The van der Waals surface area contributed by atoms with Crippen LogP contribution in [0.2, 0.25) is 0 Å². The van der Waals surface area contributed by atoms with Gasteiger partial charge in [-0.1, -0.05) is 6.08 Å². The molecule has 2 atom stereocenters. The van der Waals surface area contributed by atoms with E-state index < -0.39 is 5.41 Å². The topological polar surface area (TPSA) is 35.5 Å². The lowest BCUT2D eigenvalue weighted by Crippen LogP contribution is -2.32. The van der Waals surface area contributed by atoms with E-state index in [4.69, 9.17) is 9.47 Å². The molecule has 17 heavy (non-hydrogen) atoms. The normalized spacial score (nSPS) is 26.2. The number of ether oxygens (including phenoxy) is 2. The summed E-state index contributed by atoms with van der Waals surface area (Å²) in [6.07, 6.45) is 4.49. The zero-order valence-corrected chi connectivity index (χ0v) is 11.4. The first kappa shape index (κ1) is 14.2. The molecule has 0 saturated carbocycles. The van der Waals surface area contributed by atoms with Crippen LogP contribution < -0.4 is 0 Å². The SMILES string of the molecule is C=CC(C)(CC1CCC(C)(C)O1)C(=O)OCC. The molecule has 0 radical (unpaired) electrons. The van der Waals surface area contributed by atoms with Crippen LogP contribution in [0.5, 0.6) is 0 Å². The third-order valence-electron chi connectivity index (χ3n) is 3.40. The van der Waals surface area contributed by atoms with E-state index in [2.05, 4.69) is 20.4 Å². The molecular weight excluding hydrogens is 216 g/mol. The van der Waals surface area contributed by atoms with Crippen LogP contribution in [0, 0.1) is 5.41 Å². The molecule has 3 nitrogen and oxygen atoms in total. The van der Waals surface area contributed by atoms with E-state index in [1.165, 1.54) is 0 Å². The Kier molecular flexibility index (Phi) is 4.36. The summed E-state index contributed by atoms with van der Waals surface area (Å²) >= 11 is 0. The van der Waals surface area contributed by atoms with Gasteiger partial charge in [-0.25, -0.2) is 0 Å². The third kappa shape index (κ3) is 3.56. The lowest BCUT2D eigenvalue weighted by atomic mass is 9.84. The molecule has 1 heterocycles. The summed E-state index contributed by atoms with van der Waals surface area (Å²) in [7, 11) is 0. The van der Waals surface area contributed by atoms with Crippen molar-refractivity contribution in [3.8, 4) is 0 Å². The van der Waals surface area contributed by atoms with E-state index >= 15 is 0 Å². The van der Waals surface area contributed by atoms with Crippen LogP contribution >= 0.6 is 0 Å². The number of hydrogen-bond donors (Lipinski definition) is 0. The first-order valence-corrected chi connectivity index (χ1v) is 6.31. The summed E-state index contributed by atoms with van der Waals surface area (Å²) < 4.78 is 11.0. The fourth-order valence-corrected chi connectivity index (χ4v) is 2.24. The van der Waals surface area contributed by atoms with Crippen molar-refractivity contribution < 1.29 is 14.3 Å². The van der Waals surface area contributed by atoms with Gasteiger partial charge in [-0.2, -0.15) is 0 Å². The van der Waals surface area contributed by atoms with Crippen molar-refractivity contribution in [1.82, 2.24) is 0 Å². The van der Waals surface area contributed by atoms with Gasteiger partial charge < -0.3 is 9.47 Å². The third-order valence-corrected chi connectivity index (χ3v) is 3.40. The number of carbonyl (C=O) groups is 1. The van der Waals surface area contributed by atoms with E-state index in [0.717, 1.165) is 12.8 Å². The molecule has 1 saturated heterocycles. The van der Waals surface area contributed by atoms with Gasteiger partial charge >= 0.3 is 5.97 Å². The first-order chi connectivity index (χ1) is 7.83. The van der Waals surface area contributed by atoms with Gasteiger partial charge in [0.1, 0.15) is 0 Å². The zero-order valence-electron chi connectivity index (χ0n) is 11.4. The molecule has 2 unspecified atom stereocenters. The van der Waals surface area contributed by atoms with Crippen molar-refractivity contribution in [3.63, 3.8) is 0 Å². The van der Waals surface area contributed by atoms with E-state index in [-0.39, 0.29) is 17.7 Å². The minimum Gasteiger partial charge on any atom is -0.465 e. The van der Waals surface area contributed by atoms with Crippen LogP contribution in [0.3, 0.4) is 0 Å². The summed E-state index contributed by atoms with van der Waals surface area (Å²) in [6, 6.07) is 0. The van der Waals surface area contributed by atoms with Gasteiger partial charge in [0, 0.05) is 0 Å². The Morgan fingerprint density at radius 1 is 1.65 bits per heavy atom. The van der Waals surface area contributed by atoms with Crippen molar-refractivity contribution in [2.75, 3.05) is 6.61 Å². The van der Waals surface area contributed by atoms with Gasteiger partial charge in [-0.15, -0.1) is 6.58 Å². The summed E-state index contributed by atoms with van der Waals surface area (Å²) in [4.78, 5) is 11.9. The Bertz CT molecular complexity index is 296. The highest BCUT2D eigenvalue weighted by Gasteiger charge is 2.39. The summed E-state index contributed by atoms with van der Waals surface area (Å²) in [6.45, 7) is 12.0. The van der Waals surface area contributed by atoms with Gasteiger partial charge in [0.25, 0.3) is 0 Å². The van der Waals surface area contributed by atoms with Crippen molar-refractivity contribution in [3.05, 3.63) is 12.7 Å². The summed E-state index contributed by atoms with van der Waals surface area (Å²) in [5.41, 5.74) is -0.706. The molecule has 98 valence electrons. The molecular formula is C14H24O3. The number of carbonyl (C=O) groups excluding carboxylic acids is 1. The Balaban J connectivity index is 2.63. The highest BCUT2D eigenvalue weighted by Crippen LogP contribution is 2.37. The molecule has 3 heteroatoms. The minimum absolute atomic E-state index is 0.0680. The number of esters is 1. The predicted molar refractivity (Wildman–Crippen MR) is 67.7 cm³/mol. The first-order valence-electron chi connectivity index (χ1n) is 6.31. The van der Waals surface area contributed by atoms with E-state index in [1.54, 1.807) is 6.08 Å². The molecule has 0 aromatic carbocycles. The van der Waals surface area contributed by atoms with Crippen LogP contribution in [0.15, 0.2) is 12.7 Å². The van der Waals surface area contributed by atoms with Gasteiger partial charge in [0.05, 0.1) is 23.7 Å². The average molecular weight is 240 g/mol. The summed E-state index contributed by atoms with van der Waals surface area (Å²) in [5, 5.41) is 0. The largest absolute Gasteiger partial charge is 0.465 e. The molecule has 0 N–H and O–H groups in total. The molecule has 0 bridgehead atoms. The van der Waals surface area contributed by atoms with Gasteiger partial charge in [0.2, 0.25) is 0 Å². The van der Waals surface area contributed by atoms with Gasteiger partial charge in [-0.3, -0.25) is 4.79 Å². The lowest BCUT2D eigenvalue weighted by Gasteiger charge is -2.27. The van der Waals surface area contributed by atoms with Crippen LogP contribution in [-0.4, -0.2) is 24.3 Å². The van der Waals surface area contributed by atoms with Crippen LogP contribution in [0.1, 0.15) is 47.0 Å². The van der Waals surface area contributed by atoms with Crippen LogP contribution in [0.25, 0.3) is 0 Å². The highest BCUT2D eigenvalue weighted by molar-refractivity contribution is 5.78. The van der Waals surface area contributed by atoms with E-state index in [1.807, 2.05) is 13.8 Å². The molecule has 1 rings (SSSR count). The molecule has 0 spiro atoms. The molecule has 1 fully saturated rings. The van der Waals surface area contributed by atoms with Crippen molar-refractivity contribution >= 4 is 5.97 Å². The number of rotatable bonds is 5. The molecule has 0 aromatic heterocycles. The van der Waals surface area contributed by atoms with E-state index in [9.17, 15) is 4.79 Å². The number of hydrogen-bond acceptors (Lipinski definition) is 3. The minimum atomic E-state index is -0.638. The van der Waals surface area contributed by atoms with Gasteiger partial charge in [-0.05, 0) is 47.0 Å². The Labute approximate surface area is 104 Å². The van der Waals surface area contributed by atoms with Gasteiger partial charge in [0.15, 0.2) is 0 Å². The maximum Gasteiger partial charge on any atom is 0.315 e. The smallest absolute Gasteiger partial charge is 0.315 e. The standard InChI is InChI=1S/C14H24O3/c1-6-14(5,12(15)16-7-2)10-11-8-9-13(3,4)17-11/h6,11H,1,7-10H2,2-5H3. The van der Waals surface area contributed by atoms with Crippen molar-refractivity contribution in [2.24, 2.45) is 5.41 Å². The highest BCUT2D eigenvalue weighted by atomic mass is 16.5. The fraction of sp³-hybridized carbons (Fsp3) is 0.786. The van der Waals surface area contributed by atoms with Crippen LogP contribution in [0.4, 0.5) is 0 Å². The van der Waals surface area contributed by atoms with E-state index in [0.29, 0.717) is 13.0 Å². The predicted octanol–water partition coefficient (Wildman–Crippen LogP) is 3.09. The van der Waals surface area contributed by atoms with Crippen molar-refractivity contribution in [1.29, 1.82) is 0 Å². The maximum atomic E-state index is 11.9. The lowest BCUT2D eigenvalue weighted by molar-refractivity contribution is -0.154. The van der Waals surface area contributed by atoms with Crippen molar-refractivity contribution in [2.45, 2.75) is 58.7 Å². The second-order valence-corrected chi connectivity index (χ2v) is 5.58.